The molecule has 79 heavy (non-hydrogen) atoms. The van der Waals surface area contributed by atoms with E-state index in [1.165, 1.54) is 103 Å². The summed E-state index contributed by atoms with van der Waals surface area (Å²) in [4.78, 5) is 38.3. The molecule has 0 saturated carbocycles. The van der Waals surface area contributed by atoms with Gasteiger partial charge in [0.2, 0.25) is 0 Å². The van der Waals surface area contributed by atoms with E-state index in [-0.39, 0.29) is 31.1 Å². The summed E-state index contributed by atoms with van der Waals surface area (Å²) in [7, 11) is 0. The summed E-state index contributed by atoms with van der Waals surface area (Å²) in [6.07, 6.45) is 93.1. The van der Waals surface area contributed by atoms with Crippen molar-refractivity contribution < 1.29 is 28.6 Å². The Hall–Kier alpha value is -4.45. The van der Waals surface area contributed by atoms with Crippen LogP contribution in [0.15, 0.2) is 134 Å². The highest BCUT2D eigenvalue weighted by Crippen LogP contribution is 2.14. The Balaban J connectivity index is 4.42. The first-order valence-electron chi connectivity index (χ1n) is 32.7. The summed E-state index contributed by atoms with van der Waals surface area (Å²) >= 11 is 0. The lowest BCUT2D eigenvalue weighted by atomic mass is 10.1. The fourth-order valence-electron chi connectivity index (χ4n) is 8.72. The molecule has 0 aromatic rings. The molecular formula is C73H120O6. The number of hydrogen-bond acceptors (Lipinski definition) is 6. The van der Waals surface area contributed by atoms with Gasteiger partial charge in [0, 0.05) is 19.3 Å². The maximum atomic E-state index is 12.9. The highest BCUT2D eigenvalue weighted by atomic mass is 16.6. The summed E-state index contributed by atoms with van der Waals surface area (Å²) < 4.78 is 16.9. The van der Waals surface area contributed by atoms with Gasteiger partial charge in [0.05, 0.1) is 0 Å². The molecule has 0 heterocycles. The van der Waals surface area contributed by atoms with E-state index < -0.39 is 6.10 Å². The van der Waals surface area contributed by atoms with Crippen LogP contribution in [0.25, 0.3) is 0 Å². The van der Waals surface area contributed by atoms with Gasteiger partial charge in [-0.05, 0) is 141 Å². The second-order valence-electron chi connectivity index (χ2n) is 21.3. The van der Waals surface area contributed by atoms with Gasteiger partial charge in [0.25, 0.3) is 0 Å². The van der Waals surface area contributed by atoms with Crippen LogP contribution in [-0.4, -0.2) is 37.2 Å². The van der Waals surface area contributed by atoms with Gasteiger partial charge in [-0.15, -0.1) is 0 Å². The van der Waals surface area contributed by atoms with Crippen molar-refractivity contribution in [1.29, 1.82) is 0 Å². The van der Waals surface area contributed by atoms with Crippen molar-refractivity contribution >= 4 is 17.9 Å². The highest BCUT2D eigenvalue weighted by molar-refractivity contribution is 5.71. The molecule has 0 aliphatic heterocycles. The van der Waals surface area contributed by atoms with Gasteiger partial charge in [-0.2, -0.15) is 0 Å². The molecule has 0 bridgehead atoms. The van der Waals surface area contributed by atoms with E-state index in [1.54, 1.807) is 0 Å². The maximum absolute atomic E-state index is 12.9. The number of ether oxygens (including phenoxy) is 3. The first-order valence-corrected chi connectivity index (χ1v) is 32.7. The predicted molar refractivity (Wildman–Crippen MR) is 343 cm³/mol. The fourth-order valence-corrected chi connectivity index (χ4v) is 8.72. The van der Waals surface area contributed by atoms with E-state index in [1.807, 2.05) is 0 Å². The van der Waals surface area contributed by atoms with E-state index in [0.29, 0.717) is 19.3 Å². The molecule has 448 valence electrons. The lowest BCUT2D eigenvalue weighted by molar-refractivity contribution is -0.167. The third kappa shape index (κ3) is 64.3. The summed E-state index contributed by atoms with van der Waals surface area (Å²) in [5.41, 5.74) is 0. The summed E-state index contributed by atoms with van der Waals surface area (Å²) in [5.74, 6) is -0.935. The van der Waals surface area contributed by atoms with Gasteiger partial charge in [-0.3, -0.25) is 14.4 Å². The monoisotopic (exact) mass is 1090 g/mol. The fraction of sp³-hybridized carbons (Fsp3) is 0.658. The van der Waals surface area contributed by atoms with Crippen molar-refractivity contribution in [2.24, 2.45) is 0 Å². The normalized spacial score (nSPS) is 13.0. The van der Waals surface area contributed by atoms with Crippen LogP contribution in [-0.2, 0) is 28.6 Å². The van der Waals surface area contributed by atoms with Gasteiger partial charge >= 0.3 is 17.9 Å². The molecule has 0 amide bonds. The standard InChI is InChI=1S/C73H120O6/c1-4-7-10-13-16-19-22-25-28-30-32-33-34-35-36-37-38-39-40-41-42-44-45-48-51-54-57-60-63-66-72(75)78-69-70(68-77-71(74)65-62-59-56-53-50-47-27-24-21-18-15-12-9-6-3)79-73(76)67-64-61-58-55-52-49-46-43-31-29-26-23-20-17-14-11-8-5-2/h7,10,16,19-20,23-25,27-29,31-33,35-36,38-39,41-42,45,48,70H,4-6,8-9,11-15,17-18,21-22,26,30,34,37,40,43-44,46-47,49-69H2,1-3H3/b10-7-,19-16-,23-20-,27-24-,28-25-,31-29-,33-32-,36-35-,39-38-,42-41-,48-45-. The number of esters is 3. The Kier molecular flexibility index (Phi) is 62.3. The topological polar surface area (TPSA) is 78.9 Å². The van der Waals surface area contributed by atoms with Crippen LogP contribution >= 0.6 is 0 Å². The molecule has 0 rings (SSSR count). The minimum Gasteiger partial charge on any atom is -0.462 e. The van der Waals surface area contributed by atoms with Crippen molar-refractivity contribution in [2.45, 2.75) is 297 Å². The van der Waals surface area contributed by atoms with E-state index in [4.69, 9.17) is 14.2 Å². The van der Waals surface area contributed by atoms with Crippen LogP contribution in [0.2, 0.25) is 0 Å². The molecule has 6 nitrogen and oxygen atoms in total. The Labute approximate surface area is 487 Å². The first kappa shape index (κ1) is 74.5. The minimum atomic E-state index is -0.802. The number of carbonyl (C=O) groups excluding carboxylic acids is 3. The smallest absolute Gasteiger partial charge is 0.306 e. The zero-order chi connectivity index (χ0) is 57.1. The lowest BCUT2D eigenvalue weighted by Gasteiger charge is -2.18. The molecule has 0 aromatic heterocycles. The van der Waals surface area contributed by atoms with Crippen LogP contribution in [0.4, 0.5) is 0 Å². The second-order valence-corrected chi connectivity index (χ2v) is 21.3. The van der Waals surface area contributed by atoms with Crippen molar-refractivity contribution in [3.05, 3.63) is 134 Å². The molecule has 0 spiro atoms. The minimum absolute atomic E-state index is 0.0966. The van der Waals surface area contributed by atoms with Crippen LogP contribution < -0.4 is 0 Å². The van der Waals surface area contributed by atoms with E-state index >= 15 is 0 Å². The van der Waals surface area contributed by atoms with Gasteiger partial charge in [0.15, 0.2) is 6.10 Å². The van der Waals surface area contributed by atoms with Crippen LogP contribution in [0.1, 0.15) is 290 Å². The van der Waals surface area contributed by atoms with Gasteiger partial charge in [-0.25, -0.2) is 0 Å². The number of allylic oxidation sites excluding steroid dienone is 22. The number of carbonyl (C=O) groups is 3. The SMILES string of the molecule is CC/C=C\C/C=C\C/C=C\C/C=C\C/C=C\C/C=C\C/C=C\C/C=C\CCCCCCC(=O)OCC(COC(=O)CCCCCCC/C=C\CCCCCCC)OC(=O)CCCCCCCCC/C=C\C/C=C\CCCCCC. The van der Waals surface area contributed by atoms with E-state index in [0.717, 1.165) is 148 Å². The quantitative estimate of drug-likeness (QED) is 0.0261. The first-order chi connectivity index (χ1) is 39.0. The van der Waals surface area contributed by atoms with Gasteiger partial charge in [-0.1, -0.05) is 264 Å². The number of rotatable bonds is 58. The molecule has 0 saturated heterocycles. The van der Waals surface area contributed by atoms with Crippen LogP contribution in [0.3, 0.4) is 0 Å². The number of unbranched alkanes of at least 4 members (excludes halogenated alkanes) is 25. The van der Waals surface area contributed by atoms with Gasteiger partial charge < -0.3 is 14.2 Å². The molecule has 0 aliphatic carbocycles. The number of hydrogen-bond donors (Lipinski definition) is 0. The zero-order valence-electron chi connectivity index (χ0n) is 51.3. The van der Waals surface area contributed by atoms with Crippen molar-refractivity contribution in [2.75, 3.05) is 13.2 Å². The molecule has 6 heteroatoms. The Morgan fingerprint density at radius 3 is 0.797 bits per heavy atom. The molecule has 0 aliphatic rings. The Morgan fingerprint density at radius 1 is 0.266 bits per heavy atom. The van der Waals surface area contributed by atoms with Gasteiger partial charge in [0.1, 0.15) is 13.2 Å². The van der Waals surface area contributed by atoms with E-state index in [9.17, 15) is 14.4 Å². The van der Waals surface area contributed by atoms with E-state index in [2.05, 4.69) is 154 Å². The average Bonchev–Trinajstić information content (AvgIpc) is 3.45. The Bertz CT molecular complexity index is 1680. The van der Waals surface area contributed by atoms with Crippen molar-refractivity contribution in [3.8, 4) is 0 Å². The van der Waals surface area contributed by atoms with Crippen molar-refractivity contribution in [3.63, 3.8) is 0 Å². The van der Waals surface area contributed by atoms with Crippen LogP contribution in [0.5, 0.6) is 0 Å². The molecule has 0 radical (unpaired) electrons. The maximum Gasteiger partial charge on any atom is 0.306 e. The Morgan fingerprint density at radius 2 is 0.494 bits per heavy atom. The molecular weight excluding hydrogens is 973 g/mol. The van der Waals surface area contributed by atoms with Crippen LogP contribution in [0, 0.1) is 0 Å². The zero-order valence-corrected chi connectivity index (χ0v) is 51.3. The molecule has 0 N–H and O–H groups in total. The summed E-state index contributed by atoms with van der Waals surface area (Å²) in [6.45, 7) is 6.47. The third-order valence-corrected chi connectivity index (χ3v) is 13.6. The second kappa shape index (κ2) is 66.1. The predicted octanol–water partition coefficient (Wildman–Crippen LogP) is 22.5. The average molecular weight is 1090 g/mol. The summed E-state index contributed by atoms with van der Waals surface area (Å²) in [6, 6.07) is 0. The molecule has 1 unspecified atom stereocenters. The summed E-state index contributed by atoms with van der Waals surface area (Å²) in [5, 5.41) is 0. The third-order valence-electron chi connectivity index (χ3n) is 13.6. The molecule has 0 aromatic carbocycles. The largest absolute Gasteiger partial charge is 0.462 e. The van der Waals surface area contributed by atoms with Crippen molar-refractivity contribution in [1.82, 2.24) is 0 Å². The highest BCUT2D eigenvalue weighted by Gasteiger charge is 2.19. The molecule has 1 atom stereocenters. The lowest BCUT2D eigenvalue weighted by Crippen LogP contribution is -2.30. The molecule has 0 fully saturated rings.